The van der Waals surface area contributed by atoms with Gasteiger partial charge in [0.2, 0.25) is 6.41 Å². The number of carbonyl (C=O) groups excluding carboxylic acids is 3. The van der Waals surface area contributed by atoms with Gasteiger partial charge in [-0.2, -0.15) is 13.2 Å². The summed E-state index contributed by atoms with van der Waals surface area (Å²) in [5.41, 5.74) is 3.10. The Morgan fingerprint density at radius 3 is 2.19 bits per heavy atom. The lowest BCUT2D eigenvalue weighted by Crippen LogP contribution is -2.49. The highest BCUT2D eigenvalue weighted by atomic mass is 19.4. The van der Waals surface area contributed by atoms with E-state index in [1.165, 1.54) is 55.4 Å². The molecule has 400 valence electrons. The van der Waals surface area contributed by atoms with Crippen molar-refractivity contribution in [3.8, 4) is 5.69 Å². The molecular formula is C55H74F3N11O5. The van der Waals surface area contributed by atoms with Crippen molar-refractivity contribution in [1.29, 1.82) is 0 Å². The number of fused-ring (bicyclic) bond motifs is 2. The van der Waals surface area contributed by atoms with Crippen LogP contribution >= 0.6 is 0 Å². The predicted octanol–water partition coefficient (Wildman–Crippen LogP) is 6.59. The molecule has 3 saturated heterocycles. The maximum absolute atomic E-state index is 14.5. The van der Waals surface area contributed by atoms with Crippen LogP contribution in [0.1, 0.15) is 110 Å². The van der Waals surface area contributed by atoms with Crippen LogP contribution in [0.25, 0.3) is 11.2 Å². The van der Waals surface area contributed by atoms with Crippen LogP contribution < -0.4 is 15.9 Å². The Morgan fingerprint density at radius 2 is 1.55 bits per heavy atom. The first kappa shape index (κ1) is 54.4. The van der Waals surface area contributed by atoms with Crippen molar-refractivity contribution in [2.24, 2.45) is 13.0 Å². The van der Waals surface area contributed by atoms with Gasteiger partial charge in [-0.15, -0.1) is 10.2 Å². The number of nitrogens with one attached hydrogen (secondary N) is 1. The number of likely N-dealkylation sites (tertiary alicyclic amines) is 2. The third-order valence-electron chi connectivity index (χ3n) is 15.3. The summed E-state index contributed by atoms with van der Waals surface area (Å²) in [7, 11) is 3.40. The van der Waals surface area contributed by atoms with Gasteiger partial charge in [-0.3, -0.25) is 28.4 Å². The summed E-state index contributed by atoms with van der Waals surface area (Å²) in [5, 5.41) is 10.3. The van der Waals surface area contributed by atoms with Crippen molar-refractivity contribution in [3.05, 3.63) is 111 Å². The van der Waals surface area contributed by atoms with E-state index in [1.54, 1.807) is 47.2 Å². The molecule has 5 aromatic rings. The largest absolute Gasteiger partial charge is 0.418 e. The number of piperazine rings is 1. The van der Waals surface area contributed by atoms with E-state index in [-0.39, 0.29) is 23.6 Å². The molecule has 4 fully saturated rings. The third kappa shape index (κ3) is 13.7. The van der Waals surface area contributed by atoms with Crippen LogP contribution in [0.2, 0.25) is 0 Å². The van der Waals surface area contributed by atoms with Crippen LogP contribution in [-0.2, 0) is 47.1 Å². The lowest BCUT2D eigenvalue weighted by molar-refractivity contribution is -0.136. The first-order valence-corrected chi connectivity index (χ1v) is 26.6. The van der Waals surface area contributed by atoms with Crippen molar-refractivity contribution in [2.75, 3.05) is 84.0 Å². The molecule has 0 radical (unpaired) electrons. The first-order valence-electron chi connectivity index (χ1n) is 26.6. The summed E-state index contributed by atoms with van der Waals surface area (Å²) < 4.78 is 54.1. The highest BCUT2D eigenvalue weighted by Crippen LogP contribution is 2.34. The number of carbonyl (C=O) groups is 3. The maximum atomic E-state index is 14.5. The van der Waals surface area contributed by atoms with E-state index in [9.17, 15) is 27.6 Å². The fourth-order valence-corrected chi connectivity index (χ4v) is 10.6. The number of hydrogen-bond donors (Lipinski definition) is 1. The molecule has 74 heavy (non-hydrogen) atoms. The fraction of sp³-hybridized carbons (Fsp3) is 0.564. The minimum Gasteiger partial charge on any atom is -0.377 e. The Bertz CT molecular complexity index is 2690. The average Bonchev–Trinajstić information content (AvgIpc) is 4.06. The van der Waals surface area contributed by atoms with Gasteiger partial charge in [0.15, 0.2) is 0 Å². The molecule has 1 unspecified atom stereocenters. The van der Waals surface area contributed by atoms with Crippen molar-refractivity contribution < 1.29 is 32.3 Å². The van der Waals surface area contributed by atoms with Gasteiger partial charge in [0.25, 0.3) is 5.91 Å². The predicted molar refractivity (Wildman–Crippen MR) is 279 cm³/mol. The minimum absolute atomic E-state index is 0.0364. The van der Waals surface area contributed by atoms with Crippen LogP contribution in [0, 0.1) is 5.92 Å². The molecule has 2 amide bonds. The van der Waals surface area contributed by atoms with E-state index < -0.39 is 17.4 Å². The number of nitrogens with zero attached hydrogens (tertiary/aromatic N) is 10. The summed E-state index contributed by atoms with van der Waals surface area (Å²) >= 11 is 0. The van der Waals surface area contributed by atoms with Gasteiger partial charge in [-0.25, -0.2) is 4.79 Å². The molecule has 4 aliphatic heterocycles. The molecule has 1 atom stereocenters. The molecule has 3 aromatic heterocycles. The van der Waals surface area contributed by atoms with E-state index in [0.29, 0.717) is 69.2 Å². The van der Waals surface area contributed by atoms with Crippen LogP contribution in [0.15, 0.2) is 72.0 Å². The van der Waals surface area contributed by atoms with E-state index in [2.05, 4.69) is 47.2 Å². The van der Waals surface area contributed by atoms with E-state index in [4.69, 9.17) is 9.53 Å². The van der Waals surface area contributed by atoms with Crippen molar-refractivity contribution >= 4 is 29.8 Å². The van der Waals surface area contributed by atoms with Gasteiger partial charge < -0.3 is 34.1 Å². The minimum atomic E-state index is -4.64. The van der Waals surface area contributed by atoms with E-state index in [0.717, 1.165) is 111 Å². The van der Waals surface area contributed by atoms with Crippen LogP contribution in [-0.4, -0.2) is 153 Å². The smallest absolute Gasteiger partial charge is 0.377 e. The summed E-state index contributed by atoms with van der Waals surface area (Å²) in [6.45, 7) is 13.0. The van der Waals surface area contributed by atoms with Crippen LogP contribution in [0.3, 0.4) is 0 Å². The van der Waals surface area contributed by atoms with Gasteiger partial charge in [0.05, 0.1) is 35.5 Å². The highest BCUT2D eigenvalue weighted by molar-refractivity contribution is 6.00. The number of ether oxygens (including phenoxy) is 1. The Hall–Kier alpha value is -5.89. The zero-order valence-corrected chi connectivity index (χ0v) is 43.4. The monoisotopic (exact) mass is 1030 g/mol. The number of alkyl halides is 3. The topological polar surface area (TPSA) is 146 Å². The number of halogens is 3. The second kappa shape index (κ2) is 25.6. The van der Waals surface area contributed by atoms with Gasteiger partial charge in [-0.05, 0) is 104 Å². The molecule has 1 aliphatic carbocycles. The molecule has 5 aliphatic rings. The van der Waals surface area contributed by atoms with E-state index in [1.807, 2.05) is 26.1 Å². The van der Waals surface area contributed by atoms with Crippen LogP contribution in [0.5, 0.6) is 0 Å². The Morgan fingerprint density at radius 1 is 0.838 bits per heavy atom. The molecule has 7 heterocycles. The number of rotatable bonds is 17. The number of benzene rings is 2. The number of hydrogen-bond acceptors (Lipinski definition) is 11. The average molecular weight is 1030 g/mol. The van der Waals surface area contributed by atoms with Gasteiger partial charge in [0, 0.05) is 110 Å². The third-order valence-corrected chi connectivity index (χ3v) is 15.3. The Balaban J connectivity index is 0.000000841. The summed E-state index contributed by atoms with van der Waals surface area (Å²) in [6, 6.07) is 14.2. The first-order chi connectivity index (χ1) is 35.8. The normalized spacial score (nSPS) is 18.5. The molecule has 1 saturated carbocycles. The number of pyridine rings is 1. The second-order valence-electron chi connectivity index (χ2n) is 20.5. The highest BCUT2D eigenvalue weighted by Gasteiger charge is 2.36. The quantitative estimate of drug-likeness (QED) is 0.101. The second-order valence-corrected chi connectivity index (χ2v) is 20.5. The number of aromatic nitrogens is 5. The molecule has 10 rings (SSSR count). The number of piperidine rings is 2. The van der Waals surface area contributed by atoms with E-state index >= 15 is 0 Å². The number of aldehydes is 1. The van der Waals surface area contributed by atoms with Crippen molar-refractivity contribution in [1.82, 2.24) is 48.6 Å². The Labute approximate surface area is 432 Å². The van der Waals surface area contributed by atoms with Crippen molar-refractivity contribution in [3.63, 3.8) is 0 Å². The lowest BCUT2D eigenvalue weighted by Gasteiger charge is -2.39. The Kier molecular flexibility index (Phi) is 18.8. The van der Waals surface area contributed by atoms with Crippen LogP contribution in [0.4, 0.5) is 18.9 Å². The summed E-state index contributed by atoms with van der Waals surface area (Å²) in [5.74, 6) is 1.37. The van der Waals surface area contributed by atoms with Crippen molar-refractivity contribution in [2.45, 2.75) is 109 Å². The zero-order chi connectivity index (χ0) is 52.2. The SMILES string of the molecule is C1CCC1.CCCC(C=O)N1Cc2cc(N3CCN(CC4CCN(CCOC5CCN(Cc6cc(C(F)(F)F)c7cn(-c8cccc(Cc9nncn9C)c8)c(=O)n7c6)CC5)CC4)CC3)ccc2C1=O.CNC=O. The number of aryl methyl sites for hydroxylation is 1. The molecule has 0 spiro atoms. The number of anilines is 1. The molecular weight excluding hydrogens is 952 g/mol. The number of amides is 2. The molecule has 2 aromatic carbocycles. The number of imidazole rings is 1. The zero-order valence-electron chi connectivity index (χ0n) is 43.4. The maximum Gasteiger partial charge on any atom is 0.418 e. The fourth-order valence-electron chi connectivity index (χ4n) is 10.6. The van der Waals surface area contributed by atoms with Gasteiger partial charge >= 0.3 is 11.9 Å². The molecule has 19 heteroatoms. The summed E-state index contributed by atoms with van der Waals surface area (Å²) in [6.07, 6.45) is 13.4. The standard InChI is InChI=1S/C49H61F3N10O4.C4H8.C2H5NO/c1-3-5-41(33-63)60-31-38-27-39(8-9-43(38)47(60)64)59-20-18-58(19-21-59)28-35-10-14-56(15-11-35)22-23-66-42-12-16-57(17-13-42)29-37-25-44(49(50,51)52)45-32-61(48(65)62(45)30-37)40-7-4-6-36(24-40)26-46-54-53-34-55(46)2;1-2-4-3-1;1-3-2-4/h4,6-9,24-25,27,30,32-35,41-42H,3,5,10-23,26,28-29,31H2,1-2H3;1-4H2;2H,1H3,(H,3,4). The molecule has 0 bridgehead atoms. The lowest BCUT2D eigenvalue weighted by atomic mass is 9.96. The van der Waals surface area contributed by atoms with Gasteiger partial charge in [0.1, 0.15) is 18.4 Å². The molecule has 16 nitrogen and oxygen atoms in total. The summed E-state index contributed by atoms with van der Waals surface area (Å²) in [4.78, 5) is 58.8. The molecule has 1 N–H and O–H groups in total. The van der Waals surface area contributed by atoms with Gasteiger partial charge in [-0.1, -0.05) is 51.2 Å².